The lowest BCUT2D eigenvalue weighted by Crippen LogP contribution is -2.37. The van der Waals surface area contributed by atoms with Crippen molar-refractivity contribution in [1.82, 2.24) is 0 Å². The van der Waals surface area contributed by atoms with Crippen LogP contribution in [0.25, 0.3) is 0 Å². The zero-order valence-corrected chi connectivity index (χ0v) is 17.8. The van der Waals surface area contributed by atoms with Crippen LogP contribution in [-0.2, 0) is 14.3 Å². The summed E-state index contributed by atoms with van der Waals surface area (Å²) in [6.07, 6.45) is 0.760. The summed E-state index contributed by atoms with van der Waals surface area (Å²) >= 11 is 0. The van der Waals surface area contributed by atoms with Crippen LogP contribution in [0.1, 0.15) is 16.8 Å². The van der Waals surface area contributed by atoms with Gasteiger partial charge >= 0.3 is 5.97 Å². The van der Waals surface area contributed by atoms with Gasteiger partial charge in [-0.2, -0.15) is 0 Å². The van der Waals surface area contributed by atoms with Crippen LogP contribution in [0.5, 0.6) is 11.5 Å². The smallest absolute Gasteiger partial charge is 0.341 e. The first-order chi connectivity index (χ1) is 16.0. The summed E-state index contributed by atoms with van der Waals surface area (Å²) in [6.45, 7) is 2.52. The fraction of sp³-hybridized carbons (Fsp3) is 0.364. The molecule has 1 fully saturated rings. The molecule has 2 aliphatic heterocycles. The van der Waals surface area contributed by atoms with Crippen molar-refractivity contribution in [2.75, 3.05) is 56.3 Å². The van der Waals surface area contributed by atoms with E-state index in [9.17, 15) is 19.7 Å². The number of hydrogen-bond donors (Lipinski definition) is 1. The lowest BCUT2D eigenvalue weighted by atomic mass is 10.1. The first-order valence-corrected chi connectivity index (χ1v) is 10.5. The molecule has 0 aromatic heterocycles. The van der Waals surface area contributed by atoms with Crippen LogP contribution in [0.3, 0.4) is 0 Å². The van der Waals surface area contributed by atoms with E-state index in [0.29, 0.717) is 62.4 Å². The van der Waals surface area contributed by atoms with E-state index in [1.54, 1.807) is 18.2 Å². The summed E-state index contributed by atoms with van der Waals surface area (Å²) in [5.74, 6) is -0.266. The Balaban J connectivity index is 1.42. The van der Waals surface area contributed by atoms with E-state index in [1.165, 1.54) is 12.1 Å². The molecule has 11 heteroatoms. The minimum atomic E-state index is -0.825. The zero-order valence-electron chi connectivity index (χ0n) is 17.8. The van der Waals surface area contributed by atoms with Crippen LogP contribution in [0.4, 0.5) is 17.1 Å². The molecule has 0 radical (unpaired) electrons. The summed E-state index contributed by atoms with van der Waals surface area (Å²) < 4.78 is 21.7. The van der Waals surface area contributed by atoms with Crippen LogP contribution < -0.4 is 19.7 Å². The minimum absolute atomic E-state index is 0.0227. The van der Waals surface area contributed by atoms with Crippen LogP contribution in [0.2, 0.25) is 0 Å². The molecule has 1 N–H and O–H groups in total. The van der Waals surface area contributed by atoms with E-state index >= 15 is 0 Å². The summed E-state index contributed by atoms with van der Waals surface area (Å²) in [4.78, 5) is 37.6. The number of esters is 1. The number of nitrogens with one attached hydrogen (secondary N) is 1. The molecule has 33 heavy (non-hydrogen) atoms. The molecule has 1 saturated heterocycles. The molecule has 174 valence electrons. The van der Waals surface area contributed by atoms with Gasteiger partial charge in [-0.05, 0) is 18.2 Å². The molecule has 2 aliphatic rings. The van der Waals surface area contributed by atoms with Gasteiger partial charge in [-0.3, -0.25) is 14.9 Å². The summed E-state index contributed by atoms with van der Waals surface area (Å²) in [6, 6.07) is 8.99. The van der Waals surface area contributed by atoms with Crippen molar-refractivity contribution in [3.05, 3.63) is 52.1 Å². The van der Waals surface area contributed by atoms with Crippen molar-refractivity contribution in [3.63, 3.8) is 0 Å². The zero-order chi connectivity index (χ0) is 23.2. The number of rotatable bonds is 6. The van der Waals surface area contributed by atoms with Crippen LogP contribution in [0.15, 0.2) is 36.4 Å². The van der Waals surface area contributed by atoms with Gasteiger partial charge in [0.05, 0.1) is 42.6 Å². The van der Waals surface area contributed by atoms with Gasteiger partial charge in [0.2, 0.25) is 0 Å². The Morgan fingerprint density at radius 2 is 1.79 bits per heavy atom. The van der Waals surface area contributed by atoms with E-state index < -0.39 is 23.4 Å². The number of carbonyl (C=O) groups is 2. The number of nitro benzene ring substituents is 1. The SMILES string of the molecule is O=C(COC(=O)c1cc([N+](=O)[O-])ccc1N1CCOCC1)Nc1ccc2c(c1)OCCCO2. The molecular weight excluding hydrogens is 434 g/mol. The van der Waals surface area contributed by atoms with Gasteiger partial charge in [0.15, 0.2) is 18.1 Å². The van der Waals surface area contributed by atoms with Crippen molar-refractivity contribution in [1.29, 1.82) is 0 Å². The molecule has 0 saturated carbocycles. The van der Waals surface area contributed by atoms with Gasteiger partial charge in [0, 0.05) is 43.4 Å². The number of anilines is 2. The number of amides is 1. The Morgan fingerprint density at radius 3 is 2.55 bits per heavy atom. The first-order valence-electron chi connectivity index (χ1n) is 10.5. The normalized spacial score (nSPS) is 15.3. The fourth-order valence-electron chi connectivity index (χ4n) is 3.53. The molecule has 2 aromatic rings. The molecule has 0 unspecified atom stereocenters. The highest BCUT2D eigenvalue weighted by molar-refractivity contribution is 5.99. The minimum Gasteiger partial charge on any atom is -0.490 e. The van der Waals surface area contributed by atoms with E-state index in [-0.39, 0.29) is 11.3 Å². The van der Waals surface area contributed by atoms with E-state index in [1.807, 2.05) is 4.90 Å². The monoisotopic (exact) mass is 457 g/mol. The van der Waals surface area contributed by atoms with Crippen molar-refractivity contribution in [3.8, 4) is 11.5 Å². The van der Waals surface area contributed by atoms with E-state index in [2.05, 4.69) is 5.32 Å². The van der Waals surface area contributed by atoms with Gasteiger partial charge in [-0.25, -0.2) is 4.79 Å². The number of fused-ring (bicyclic) bond motifs is 1. The standard InChI is InChI=1S/C22H23N3O8/c26-21(23-15-2-5-19-20(12-15)32-9-1-8-31-19)14-33-22(27)17-13-16(25(28)29)3-4-18(17)24-6-10-30-11-7-24/h2-5,12-13H,1,6-11,14H2,(H,23,26). The van der Waals surface area contributed by atoms with Crippen LogP contribution in [0, 0.1) is 10.1 Å². The van der Waals surface area contributed by atoms with Crippen molar-refractivity contribution in [2.45, 2.75) is 6.42 Å². The quantitative estimate of drug-likeness (QED) is 0.395. The molecule has 0 bridgehead atoms. The number of nitro groups is 1. The summed E-state index contributed by atoms with van der Waals surface area (Å²) in [5.41, 5.74) is 0.743. The lowest BCUT2D eigenvalue weighted by molar-refractivity contribution is -0.384. The van der Waals surface area contributed by atoms with Gasteiger partial charge in [0.1, 0.15) is 0 Å². The van der Waals surface area contributed by atoms with Crippen LogP contribution >= 0.6 is 0 Å². The Morgan fingerprint density at radius 1 is 1.03 bits per heavy atom. The third kappa shape index (κ3) is 5.50. The number of ether oxygens (including phenoxy) is 4. The molecule has 0 spiro atoms. The molecule has 0 atom stereocenters. The Kier molecular flexibility index (Phi) is 6.89. The lowest BCUT2D eigenvalue weighted by Gasteiger charge is -2.30. The van der Waals surface area contributed by atoms with Crippen molar-refractivity contribution < 1.29 is 33.5 Å². The van der Waals surface area contributed by atoms with E-state index in [4.69, 9.17) is 18.9 Å². The molecule has 1 amide bonds. The maximum absolute atomic E-state index is 12.8. The van der Waals surface area contributed by atoms with Crippen molar-refractivity contribution in [2.24, 2.45) is 0 Å². The number of benzene rings is 2. The van der Waals surface area contributed by atoms with Gasteiger partial charge in [0.25, 0.3) is 11.6 Å². The Bertz CT molecular complexity index is 1050. The third-order valence-electron chi connectivity index (χ3n) is 5.13. The predicted octanol–water partition coefficient (Wildman–Crippen LogP) is 2.39. The first kappa shape index (κ1) is 22.3. The average Bonchev–Trinajstić information content (AvgIpc) is 3.07. The second-order valence-corrected chi connectivity index (χ2v) is 7.39. The average molecular weight is 457 g/mol. The molecule has 0 aliphatic carbocycles. The van der Waals surface area contributed by atoms with Gasteiger partial charge in [-0.15, -0.1) is 0 Å². The maximum atomic E-state index is 12.8. The number of nitrogens with zero attached hydrogens (tertiary/aromatic N) is 2. The van der Waals surface area contributed by atoms with E-state index in [0.717, 1.165) is 12.5 Å². The molecule has 2 aromatic carbocycles. The topological polar surface area (TPSA) is 129 Å². The van der Waals surface area contributed by atoms with Crippen molar-refractivity contribution >= 4 is 28.9 Å². The maximum Gasteiger partial charge on any atom is 0.341 e. The number of non-ortho nitro benzene ring substituents is 1. The van der Waals surface area contributed by atoms with Gasteiger partial charge < -0.3 is 29.2 Å². The predicted molar refractivity (Wildman–Crippen MR) is 117 cm³/mol. The molecule has 4 rings (SSSR count). The fourth-order valence-corrected chi connectivity index (χ4v) is 3.53. The third-order valence-corrected chi connectivity index (χ3v) is 5.13. The summed E-state index contributed by atoms with van der Waals surface area (Å²) in [7, 11) is 0. The Labute approximate surface area is 189 Å². The molecule has 2 heterocycles. The molecule has 11 nitrogen and oxygen atoms in total. The highest BCUT2D eigenvalue weighted by Crippen LogP contribution is 2.32. The van der Waals surface area contributed by atoms with Gasteiger partial charge in [-0.1, -0.05) is 0 Å². The highest BCUT2D eigenvalue weighted by atomic mass is 16.6. The van der Waals surface area contributed by atoms with Crippen LogP contribution in [-0.4, -0.2) is 62.9 Å². The number of morpholine rings is 1. The second kappa shape index (κ2) is 10.2. The Hall–Kier alpha value is -3.86. The highest BCUT2D eigenvalue weighted by Gasteiger charge is 2.23. The second-order valence-electron chi connectivity index (χ2n) is 7.39. The molecular formula is C22H23N3O8. The number of hydrogen-bond acceptors (Lipinski definition) is 9. The number of carbonyl (C=O) groups excluding carboxylic acids is 2. The largest absolute Gasteiger partial charge is 0.490 e. The summed E-state index contributed by atoms with van der Waals surface area (Å²) in [5, 5.41) is 13.8.